The fourth-order valence-electron chi connectivity index (χ4n) is 2.18. The first-order valence-electron chi connectivity index (χ1n) is 6.04. The SMILES string of the molecule is CCn1nccc1C(=O)CC1=CCCCC1. The third-order valence-electron chi connectivity index (χ3n) is 3.07. The zero-order chi connectivity index (χ0) is 11.4. The number of Topliss-reactive ketones (excluding diaryl/α,β-unsaturated/α-hetero) is 1. The van der Waals surface area contributed by atoms with Gasteiger partial charge in [0.05, 0.1) is 0 Å². The molecule has 0 aromatic carbocycles. The molecule has 0 amide bonds. The van der Waals surface area contributed by atoms with Crippen LogP contribution in [0.4, 0.5) is 0 Å². The van der Waals surface area contributed by atoms with Gasteiger partial charge >= 0.3 is 0 Å². The van der Waals surface area contributed by atoms with E-state index < -0.39 is 0 Å². The fourth-order valence-corrected chi connectivity index (χ4v) is 2.18. The highest BCUT2D eigenvalue weighted by atomic mass is 16.1. The van der Waals surface area contributed by atoms with E-state index in [4.69, 9.17) is 0 Å². The van der Waals surface area contributed by atoms with E-state index in [1.54, 1.807) is 10.9 Å². The zero-order valence-corrected chi connectivity index (χ0v) is 9.78. The van der Waals surface area contributed by atoms with Crippen LogP contribution >= 0.6 is 0 Å². The molecule has 0 saturated carbocycles. The molecule has 16 heavy (non-hydrogen) atoms. The number of allylic oxidation sites excluding steroid dienone is 2. The van der Waals surface area contributed by atoms with E-state index in [1.165, 1.54) is 18.4 Å². The van der Waals surface area contributed by atoms with Crippen molar-refractivity contribution >= 4 is 5.78 Å². The van der Waals surface area contributed by atoms with Gasteiger partial charge in [0.25, 0.3) is 0 Å². The second-order valence-corrected chi connectivity index (χ2v) is 4.24. The molecule has 86 valence electrons. The molecule has 0 aliphatic heterocycles. The minimum atomic E-state index is 0.201. The van der Waals surface area contributed by atoms with Crippen LogP contribution in [-0.2, 0) is 6.54 Å². The van der Waals surface area contributed by atoms with Crippen LogP contribution in [0.2, 0.25) is 0 Å². The van der Waals surface area contributed by atoms with Gasteiger partial charge in [-0.1, -0.05) is 11.6 Å². The quantitative estimate of drug-likeness (QED) is 0.575. The lowest BCUT2D eigenvalue weighted by atomic mass is 9.95. The topological polar surface area (TPSA) is 34.9 Å². The Morgan fingerprint density at radius 2 is 2.38 bits per heavy atom. The molecule has 0 spiro atoms. The van der Waals surface area contributed by atoms with Crippen LogP contribution < -0.4 is 0 Å². The van der Waals surface area contributed by atoms with Crippen molar-refractivity contribution in [1.29, 1.82) is 0 Å². The summed E-state index contributed by atoms with van der Waals surface area (Å²) in [4.78, 5) is 12.1. The summed E-state index contributed by atoms with van der Waals surface area (Å²) in [5, 5.41) is 4.13. The molecule has 0 bridgehead atoms. The van der Waals surface area contributed by atoms with E-state index in [0.29, 0.717) is 6.42 Å². The maximum Gasteiger partial charge on any atom is 0.184 e. The van der Waals surface area contributed by atoms with Crippen molar-refractivity contribution in [3.05, 3.63) is 29.6 Å². The molecule has 1 aromatic heterocycles. The molecular weight excluding hydrogens is 200 g/mol. The Kier molecular flexibility index (Phi) is 3.54. The molecule has 1 heterocycles. The Morgan fingerprint density at radius 3 is 3.06 bits per heavy atom. The van der Waals surface area contributed by atoms with Crippen LogP contribution in [0.3, 0.4) is 0 Å². The van der Waals surface area contributed by atoms with Crippen molar-refractivity contribution in [2.24, 2.45) is 0 Å². The number of carbonyl (C=O) groups excluding carboxylic acids is 1. The minimum absolute atomic E-state index is 0.201. The summed E-state index contributed by atoms with van der Waals surface area (Å²) in [5.74, 6) is 0.201. The van der Waals surface area contributed by atoms with E-state index in [2.05, 4.69) is 11.2 Å². The van der Waals surface area contributed by atoms with Crippen LogP contribution in [0.25, 0.3) is 0 Å². The fraction of sp³-hybridized carbons (Fsp3) is 0.538. The number of hydrogen-bond donors (Lipinski definition) is 0. The summed E-state index contributed by atoms with van der Waals surface area (Å²) in [5.41, 5.74) is 2.05. The van der Waals surface area contributed by atoms with Crippen molar-refractivity contribution < 1.29 is 4.79 Å². The van der Waals surface area contributed by atoms with E-state index in [1.807, 2.05) is 13.0 Å². The van der Waals surface area contributed by atoms with E-state index >= 15 is 0 Å². The van der Waals surface area contributed by atoms with Crippen molar-refractivity contribution in [2.75, 3.05) is 0 Å². The molecular formula is C13H18N2O. The Hall–Kier alpha value is -1.38. The van der Waals surface area contributed by atoms with Gasteiger partial charge in [0.1, 0.15) is 5.69 Å². The van der Waals surface area contributed by atoms with Gasteiger partial charge < -0.3 is 0 Å². The Labute approximate surface area is 96.2 Å². The predicted octanol–water partition coefficient (Wildman–Crippen LogP) is 2.98. The van der Waals surface area contributed by atoms with Crippen LogP contribution in [0.5, 0.6) is 0 Å². The van der Waals surface area contributed by atoms with Crippen molar-refractivity contribution in [3.8, 4) is 0 Å². The molecule has 2 rings (SSSR count). The van der Waals surface area contributed by atoms with Crippen LogP contribution in [0, 0.1) is 0 Å². The normalized spacial score (nSPS) is 15.9. The van der Waals surface area contributed by atoms with Gasteiger partial charge in [0, 0.05) is 19.2 Å². The monoisotopic (exact) mass is 218 g/mol. The molecule has 3 heteroatoms. The Balaban J connectivity index is 2.05. The Bertz CT molecular complexity index is 404. The smallest absolute Gasteiger partial charge is 0.184 e. The second kappa shape index (κ2) is 5.10. The number of hydrogen-bond acceptors (Lipinski definition) is 2. The van der Waals surface area contributed by atoms with E-state index in [0.717, 1.165) is 25.1 Å². The molecule has 0 atom stereocenters. The molecule has 1 aliphatic rings. The highest BCUT2D eigenvalue weighted by molar-refractivity contribution is 5.96. The van der Waals surface area contributed by atoms with Gasteiger partial charge in [-0.2, -0.15) is 5.10 Å². The predicted molar refractivity (Wildman–Crippen MR) is 63.4 cm³/mol. The summed E-state index contributed by atoms with van der Waals surface area (Å²) in [6.45, 7) is 2.76. The number of rotatable bonds is 4. The van der Waals surface area contributed by atoms with Gasteiger partial charge in [-0.05, 0) is 38.7 Å². The van der Waals surface area contributed by atoms with Gasteiger partial charge in [-0.25, -0.2) is 0 Å². The first-order valence-corrected chi connectivity index (χ1v) is 6.04. The largest absolute Gasteiger partial charge is 0.292 e. The highest BCUT2D eigenvalue weighted by Crippen LogP contribution is 2.21. The number of carbonyl (C=O) groups is 1. The maximum atomic E-state index is 12.1. The molecule has 1 aromatic rings. The van der Waals surface area contributed by atoms with Gasteiger partial charge in [0.15, 0.2) is 5.78 Å². The van der Waals surface area contributed by atoms with Crippen LogP contribution in [0.15, 0.2) is 23.9 Å². The number of aromatic nitrogens is 2. The molecule has 0 N–H and O–H groups in total. The van der Waals surface area contributed by atoms with Crippen molar-refractivity contribution in [1.82, 2.24) is 9.78 Å². The maximum absolute atomic E-state index is 12.1. The number of ketones is 1. The number of nitrogens with zero attached hydrogens (tertiary/aromatic N) is 2. The minimum Gasteiger partial charge on any atom is -0.292 e. The lowest BCUT2D eigenvalue weighted by Gasteiger charge is -2.12. The molecule has 0 fully saturated rings. The summed E-state index contributed by atoms with van der Waals surface area (Å²) in [7, 11) is 0. The van der Waals surface area contributed by atoms with Crippen molar-refractivity contribution in [3.63, 3.8) is 0 Å². The molecule has 0 saturated heterocycles. The highest BCUT2D eigenvalue weighted by Gasteiger charge is 2.14. The first-order chi connectivity index (χ1) is 7.81. The standard InChI is InChI=1S/C13H18N2O/c1-2-15-12(8-9-14-15)13(16)10-11-6-4-3-5-7-11/h6,8-9H,2-5,7,10H2,1H3. The zero-order valence-electron chi connectivity index (χ0n) is 9.78. The summed E-state index contributed by atoms with van der Waals surface area (Å²) in [6.07, 6.45) is 9.23. The average Bonchev–Trinajstić information content (AvgIpc) is 2.78. The van der Waals surface area contributed by atoms with E-state index in [-0.39, 0.29) is 5.78 Å². The molecule has 3 nitrogen and oxygen atoms in total. The van der Waals surface area contributed by atoms with E-state index in [9.17, 15) is 4.79 Å². The average molecular weight is 218 g/mol. The van der Waals surface area contributed by atoms with Gasteiger partial charge in [-0.15, -0.1) is 0 Å². The molecule has 0 radical (unpaired) electrons. The summed E-state index contributed by atoms with van der Waals surface area (Å²) >= 11 is 0. The summed E-state index contributed by atoms with van der Waals surface area (Å²) in [6, 6.07) is 1.81. The van der Waals surface area contributed by atoms with Gasteiger partial charge in [-0.3, -0.25) is 9.48 Å². The lowest BCUT2D eigenvalue weighted by Crippen LogP contribution is -2.10. The summed E-state index contributed by atoms with van der Waals surface area (Å²) < 4.78 is 1.77. The number of aryl methyl sites for hydroxylation is 1. The Morgan fingerprint density at radius 1 is 1.50 bits per heavy atom. The first kappa shape index (κ1) is 11.1. The van der Waals surface area contributed by atoms with Crippen LogP contribution in [0.1, 0.15) is 49.5 Å². The second-order valence-electron chi connectivity index (χ2n) is 4.24. The lowest BCUT2D eigenvalue weighted by molar-refractivity contribution is 0.0981. The van der Waals surface area contributed by atoms with Gasteiger partial charge in [0.2, 0.25) is 0 Å². The molecule has 1 aliphatic carbocycles. The van der Waals surface area contributed by atoms with Crippen LogP contribution in [-0.4, -0.2) is 15.6 Å². The van der Waals surface area contributed by atoms with Crippen molar-refractivity contribution in [2.45, 2.75) is 45.6 Å². The third kappa shape index (κ3) is 2.40. The molecule has 0 unspecified atom stereocenters. The third-order valence-corrected chi connectivity index (χ3v) is 3.07.